The highest BCUT2D eigenvalue weighted by molar-refractivity contribution is 5.98. The number of aromatic nitrogens is 2. The van der Waals surface area contributed by atoms with Crippen molar-refractivity contribution in [3.63, 3.8) is 0 Å². The van der Waals surface area contributed by atoms with Gasteiger partial charge in [0, 0.05) is 29.4 Å². The number of hydrazone groups is 1. The predicted molar refractivity (Wildman–Crippen MR) is 85.6 cm³/mol. The van der Waals surface area contributed by atoms with Gasteiger partial charge in [-0.15, -0.1) is 5.10 Å². The lowest BCUT2D eigenvalue weighted by Gasteiger charge is -2.20. The second kappa shape index (κ2) is 7.21. The molecule has 22 heavy (non-hydrogen) atoms. The average Bonchev–Trinajstić information content (AvgIpc) is 2.96. The van der Waals surface area contributed by atoms with Crippen LogP contribution in [-0.2, 0) is 0 Å². The maximum absolute atomic E-state index is 5.72. The van der Waals surface area contributed by atoms with E-state index < -0.39 is 0 Å². The highest BCUT2D eigenvalue weighted by Gasteiger charge is 2.11. The summed E-state index contributed by atoms with van der Waals surface area (Å²) in [6, 6.07) is 8.12. The van der Waals surface area contributed by atoms with Gasteiger partial charge < -0.3 is 16.4 Å². The van der Waals surface area contributed by atoms with Crippen molar-refractivity contribution in [3.05, 3.63) is 35.5 Å². The molecule has 1 aromatic carbocycles. The van der Waals surface area contributed by atoms with E-state index in [4.69, 9.17) is 11.5 Å². The first-order valence-electron chi connectivity index (χ1n) is 7.01. The van der Waals surface area contributed by atoms with Crippen LogP contribution in [0.2, 0.25) is 0 Å². The summed E-state index contributed by atoms with van der Waals surface area (Å²) in [6.45, 7) is 6.22. The molecule has 1 heterocycles. The Morgan fingerprint density at radius 3 is 2.50 bits per heavy atom. The van der Waals surface area contributed by atoms with Crippen LogP contribution in [0.5, 0.6) is 0 Å². The monoisotopic (exact) mass is 302 g/mol. The van der Waals surface area contributed by atoms with E-state index >= 15 is 0 Å². The van der Waals surface area contributed by atoms with Gasteiger partial charge >= 0.3 is 0 Å². The lowest BCUT2D eigenvalue weighted by Crippen LogP contribution is -2.63. The van der Waals surface area contributed by atoms with Crippen molar-refractivity contribution < 1.29 is 9.73 Å². The van der Waals surface area contributed by atoms with Gasteiger partial charge in [-0.1, -0.05) is 0 Å². The molecule has 5 N–H and O–H groups in total. The van der Waals surface area contributed by atoms with Gasteiger partial charge in [0.1, 0.15) is 0 Å². The molecule has 116 valence electrons. The minimum Gasteiger partial charge on any atom is -0.379 e. The molecule has 0 bridgehead atoms. The molecule has 0 radical (unpaired) electrons. The molecule has 0 amide bonds. The van der Waals surface area contributed by atoms with Gasteiger partial charge in [0.15, 0.2) is 11.5 Å². The molecular formula is C14H20N7O+. The third-order valence-corrected chi connectivity index (χ3v) is 3.19. The molecule has 0 saturated carbocycles. The van der Waals surface area contributed by atoms with Crippen molar-refractivity contribution in [1.29, 1.82) is 0 Å². The number of nitrogen functional groups attached to an aromatic ring is 1. The maximum Gasteiger partial charge on any atom is 0.224 e. The standard InChI is InChI=1S/C14H19N7O/c1-3-21(4-2)11-7-5-10(6-8-11)9-17-18-13(15)12-14(16)20-22-19-12/h5-9H,3-4H2,1-2H3,(H2,15,18)(H2,16,20)/p+1. The van der Waals surface area contributed by atoms with Gasteiger partial charge in [-0.05, 0) is 48.4 Å². The zero-order valence-electron chi connectivity index (χ0n) is 12.7. The summed E-state index contributed by atoms with van der Waals surface area (Å²) in [4.78, 5) is 2.27. The molecule has 0 atom stereocenters. The highest BCUT2D eigenvalue weighted by Crippen LogP contribution is 2.13. The Balaban J connectivity index is 2.06. The second-order valence-corrected chi connectivity index (χ2v) is 4.53. The van der Waals surface area contributed by atoms with E-state index in [9.17, 15) is 0 Å². The lowest BCUT2D eigenvalue weighted by atomic mass is 10.2. The van der Waals surface area contributed by atoms with Crippen LogP contribution in [0, 0.1) is 0 Å². The molecule has 0 aliphatic heterocycles. The van der Waals surface area contributed by atoms with Crippen LogP contribution >= 0.6 is 0 Å². The molecule has 0 spiro atoms. The van der Waals surface area contributed by atoms with Crippen LogP contribution in [-0.4, -0.2) is 35.5 Å². The first kappa shape index (κ1) is 15.5. The van der Waals surface area contributed by atoms with Crippen LogP contribution in [0.25, 0.3) is 0 Å². The Labute approximate surface area is 128 Å². The first-order valence-corrected chi connectivity index (χ1v) is 7.01. The van der Waals surface area contributed by atoms with E-state index in [-0.39, 0.29) is 17.3 Å². The summed E-state index contributed by atoms with van der Waals surface area (Å²) in [6.07, 6.45) is 1.72. The van der Waals surface area contributed by atoms with Crippen LogP contribution < -0.4 is 21.5 Å². The summed E-state index contributed by atoms with van der Waals surface area (Å²) in [5, 5.41) is 13.7. The largest absolute Gasteiger partial charge is 0.379 e. The van der Waals surface area contributed by atoms with E-state index in [0.29, 0.717) is 0 Å². The molecule has 8 nitrogen and oxygen atoms in total. The zero-order valence-corrected chi connectivity index (χ0v) is 12.7. The van der Waals surface area contributed by atoms with Gasteiger partial charge in [0.05, 0.1) is 0 Å². The van der Waals surface area contributed by atoms with Crippen molar-refractivity contribution in [2.45, 2.75) is 13.8 Å². The number of anilines is 2. The Bertz CT molecular complexity index is 656. The summed E-state index contributed by atoms with van der Waals surface area (Å²) >= 11 is 0. The van der Waals surface area contributed by atoms with E-state index in [1.54, 1.807) is 6.21 Å². The molecule has 1 aromatic heterocycles. The van der Waals surface area contributed by atoms with Gasteiger partial charge in [0.2, 0.25) is 12.1 Å². The number of hydrogen-bond acceptors (Lipinski definition) is 6. The summed E-state index contributed by atoms with van der Waals surface area (Å²) in [5.41, 5.74) is 13.6. The third-order valence-electron chi connectivity index (χ3n) is 3.19. The minimum absolute atomic E-state index is 0.103. The quantitative estimate of drug-likeness (QED) is 0.369. The maximum atomic E-state index is 5.72. The van der Waals surface area contributed by atoms with Crippen LogP contribution in [0.1, 0.15) is 25.1 Å². The van der Waals surface area contributed by atoms with Crippen molar-refractivity contribution in [2.75, 3.05) is 23.7 Å². The predicted octanol–water partition coefficient (Wildman–Crippen LogP) is -0.682. The number of nitrogens with one attached hydrogen (secondary N) is 1. The molecule has 0 saturated heterocycles. The van der Waals surface area contributed by atoms with Gasteiger partial charge in [-0.2, -0.15) is 0 Å². The molecule has 2 rings (SSSR count). The summed E-state index contributed by atoms with van der Waals surface area (Å²) in [7, 11) is 0. The SMILES string of the molecule is CCN(CC)c1ccc(C=[NH+]N=C(N)c2nonc2N)cc1. The van der Waals surface area contributed by atoms with Gasteiger partial charge in [0.25, 0.3) is 0 Å². The van der Waals surface area contributed by atoms with E-state index in [1.807, 2.05) is 12.1 Å². The molecule has 8 heteroatoms. The van der Waals surface area contributed by atoms with E-state index in [2.05, 4.69) is 56.0 Å². The van der Waals surface area contributed by atoms with Crippen LogP contribution in [0.15, 0.2) is 34.0 Å². The fourth-order valence-corrected chi connectivity index (χ4v) is 1.97. The lowest BCUT2D eigenvalue weighted by molar-refractivity contribution is -0.456. The minimum atomic E-state index is 0.103. The molecule has 0 aliphatic rings. The Morgan fingerprint density at radius 2 is 1.95 bits per heavy atom. The van der Waals surface area contributed by atoms with Crippen molar-refractivity contribution >= 4 is 23.6 Å². The number of hydrogen-bond donors (Lipinski definition) is 3. The first-order chi connectivity index (χ1) is 10.7. The number of rotatable bonds is 6. The molecule has 2 aromatic rings. The zero-order chi connectivity index (χ0) is 15.9. The van der Waals surface area contributed by atoms with E-state index in [0.717, 1.165) is 18.7 Å². The normalized spacial score (nSPS) is 12.0. The number of amidine groups is 1. The van der Waals surface area contributed by atoms with Crippen molar-refractivity contribution in [3.8, 4) is 0 Å². The second-order valence-electron chi connectivity index (χ2n) is 4.53. The average molecular weight is 302 g/mol. The van der Waals surface area contributed by atoms with Gasteiger partial charge in [-0.3, -0.25) is 0 Å². The Morgan fingerprint density at radius 1 is 1.27 bits per heavy atom. The topological polar surface area (TPSA) is 121 Å². The van der Waals surface area contributed by atoms with Crippen molar-refractivity contribution in [2.24, 2.45) is 10.8 Å². The Hall–Kier alpha value is -2.90. The fourth-order valence-electron chi connectivity index (χ4n) is 1.97. The highest BCUT2D eigenvalue weighted by atomic mass is 16.6. The van der Waals surface area contributed by atoms with Crippen molar-refractivity contribution in [1.82, 2.24) is 10.3 Å². The van der Waals surface area contributed by atoms with Crippen LogP contribution in [0.3, 0.4) is 0 Å². The van der Waals surface area contributed by atoms with E-state index in [1.165, 1.54) is 5.69 Å². The number of benzene rings is 1. The molecule has 0 aliphatic carbocycles. The molecule has 0 unspecified atom stereocenters. The smallest absolute Gasteiger partial charge is 0.224 e. The van der Waals surface area contributed by atoms with Crippen LogP contribution in [0.4, 0.5) is 11.5 Å². The fraction of sp³-hybridized carbons (Fsp3) is 0.286. The Kier molecular flexibility index (Phi) is 5.07. The van der Waals surface area contributed by atoms with Gasteiger partial charge in [-0.25, -0.2) is 4.63 Å². The molecular weight excluding hydrogens is 282 g/mol. The molecule has 0 fully saturated rings. The number of nitrogens with zero attached hydrogens (tertiary/aromatic N) is 4. The summed E-state index contributed by atoms with van der Waals surface area (Å²) in [5.74, 6) is 0.210. The summed E-state index contributed by atoms with van der Waals surface area (Å²) < 4.78 is 4.46. The third kappa shape index (κ3) is 3.60. The number of nitrogens with two attached hydrogens (primary N) is 2.